The van der Waals surface area contributed by atoms with Crippen LogP contribution in [0.2, 0.25) is 0 Å². The van der Waals surface area contributed by atoms with Gasteiger partial charge in [0, 0.05) is 12.4 Å². The molecule has 0 aliphatic heterocycles. The molecule has 76 valence electrons. The van der Waals surface area contributed by atoms with Crippen molar-refractivity contribution in [3.05, 3.63) is 24.0 Å². The highest BCUT2D eigenvalue weighted by atomic mass is 16.5. The Labute approximate surface area is 82.5 Å². The normalized spacial score (nSPS) is 9.79. The van der Waals surface area contributed by atoms with Crippen LogP contribution >= 0.6 is 0 Å². The molecule has 14 heavy (non-hydrogen) atoms. The molecule has 1 heterocycles. The van der Waals surface area contributed by atoms with E-state index in [2.05, 4.69) is 4.98 Å². The van der Waals surface area contributed by atoms with Crippen molar-refractivity contribution in [2.75, 3.05) is 6.61 Å². The molecule has 1 aromatic heterocycles. The second-order valence-electron chi connectivity index (χ2n) is 2.88. The van der Waals surface area contributed by atoms with E-state index >= 15 is 0 Å². The van der Waals surface area contributed by atoms with Gasteiger partial charge in [-0.25, -0.2) is 4.79 Å². The van der Waals surface area contributed by atoms with Crippen LogP contribution in [0, 0.1) is 0 Å². The third-order valence-corrected chi connectivity index (χ3v) is 1.77. The molecule has 0 saturated carbocycles. The van der Waals surface area contributed by atoms with Gasteiger partial charge in [-0.15, -0.1) is 0 Å². The predicted molar refractivity (Wildman–Crippen MR) is 51.6 cm³/mol. The van der Waals surface area contributed by atoms with E-state index in [-0.39, 0.29) is 5.56 Å². The average molecular weight is 195 g/mol. The van der Waals surface area contributed by atoms with Crippen molar-refractivity contribution in [3.63, 3.8) is 0 Å². The van der Waals surface area contributed by atoms with E-state index in [4.69, 9.17) is 9.84 Å². The first-order valence-corrected chi connectivity index (χ1v) is 4.55. The minimum atomic E-state index is -1.01. The van der Waals surface area contributed by atoms with Crippen molar-refractivity contribution < 1.29 is 14.6 Å². The van der Waals surface area contributed by atoms with Gasteiger partial charge >= 0.3 is 5.97 Å². The molecule has 0 aromatic carbocycles. The minimum absolute atomic E-state index is 0.114. The number of rotatable bonds is 5. The van der Waals surface area contributed by atoms with Crippen LogP contribution in [0.3, 0.4) is 0 Å². The van der Waals surface area contributed by atoms with Gasteiger partial charge < -0.3 is 9.84 Å². The van der Waals surface area contributed by atoms with Crippen molar-refractivity contribution in [1.29, 1.82) is 0 Å². The lowest BCUT2D eigenvalue weighted by Crippen LogP contribution is -2.04. The van der Waals surface area contributed by atoms with Crippen molar-refractivity contribution in [3.8, 4) is 5.75 Å². The summed E-state index contributed by atoms with van der Waals surface area (Å²) in [4.78, 5) is 14.5. The topological polar surface area (TPSA) is 59.4 Å². The molecule has 0 radical (unpaired) electrons. The largest absolute Gasteiger partial charge is 0.493 e. The molecule has 0 bridgehead atoms. The molecule has 1 rings (SSSR count). The summed E-state index contributed by atoms with van der Waals surface area (Å²) in [7, 11) is 0. The number of pyridine rings is 1. The van der Waals surface area contributed by atoms with E-state index in [0.29, 0.717) is 12.4 Å². The van der Waals surface area contributed by atoms with Gasteiger partial charge in [0.1, 0.15) is 11.3 Å². The van der Waals surface area contributed by atoms with Crippen LogP contribution in [-0.4, -0.2) is 22.7 Å². The van der Waals surface area contributed by atoms with E-state index in [1.807, 2.05) is 6.92 Å². The van der Waals surface area contributed by atoms with Gasteiger partial charge in [0.25, 0.3) is 0 Å². The minimum Gasteiger partial charge on any atom is -0.493 e. The number of ether oxygens (including phenoxy) is 1. The van der Waals surface area contributed by atoms with E-state index in [1.54, 1.807) is 6.07 Å². The van der Waals surface area contributed by atoms with Crippen LogP contribution in [0.5, 0.6) is 5.75 Å². The summed E-state index contributed by atoms with van der Waals surface area (Å²) in [6.07, 6.45) is 4.76. The third kappa shape index (κ3) is 2.73. The smallest absolute Gasteiger partial charge is 0.341 e. The summed E-state index contributed by atoms with van der Waals surface area (Å²) >= 11 is 0. The highest BCUT2D eigenvalue weighted by Crippen LogP contribution is 2.16. The summed E-state index contributed by atoms with van der Waals surface area (Å²) < 4.78 is 5.32. The lowest BCUT2D eigenvalue weighted by atomic mass is 10.2. The van der Waals surface area contributed by atoms with Gasteiger partial charge in [-0.05, 0) is 12.5 Å². The molecule has 1 N–H and O–H groups in total. The molecule has 0 unspecified atom stereocenters. The number of carboxylic acids is 1. The number of carbonyl (C=O) groups is 1. The Kier molecular flexibility index (Phi) is 3.91. The zero-order valence-corrected chi connectivity index (χ0v) is 8.06. The monoisotopic (exact) mass is 195 g/mol. The van der Waals surface area contributed by atoms with Gasteiger partial charge in [0.2, 0.25) is 0 Å². The molecular weight excluding hydrogens is 182 g/mol. The molecule has 0 atom stereocenters. The molecule has 0 fully saturated rings. The van der Waals surface area contributed by atoms with Crippen molar-refractivity contribution >= 4 is 5.97 Å². The molecule has 4 heteroatoms. The number of unbranched alkanes of at least 4 members (excludes halogenated alkanes) is 1. The van der Waals surface area contributed by atoms with Gasteiger partial charge in [-0.2, -0.15) is 0 Å². The first-order valence-electron chi connectivity index (χ1n) is 4.55. The van der Waals surface area contributed by atoms with E-state index in [9.17, 15) is 4.79 Å². The second-order valence-corrected chi connectivity index (χ2v) is 2.88. The summed E-state index contributed by atoms with van der Waals surface area (Å²) in [5, 5.41) is 8.80. The average Bonchev–Trinajstić information content (AvgIpc) is 2.19. The first kappa shape index (κ1) is 10.5. The molecule has 4 nitrogen and oxygen atoms in total. The number of aromatic nitrogens is 1. The Morgan fingerprint density at radius 2 is 2.43 bits per heavy atom. The third-order valence-electron chi connectivity index (χ3n) is 1.77. The standard InChI is InChI=1S/C10H13NO3/c1-2-3-6-14-9-4-5-11-7-8(9)10(12)13/h4-5,7H,2-3,6H2,1H3,(H,12,13). The fourth-order valence-electron chi connectivity index (χ4n) is 0.995. The quantitative estimate of drug-likeness (QED) is 0.729. The number of carboxylic acid groups (broad SMARTS) is 1. The number of hydrogen-bond donors (Lipinski definition) is 1. The molecule has 0 aliphatic rings. The van der Waals surface area contributed by atoms with Gasteiger partial charge in [0.05, 0.1) is 6.61 Å². The van der Waals surface area contributed by atoms with Gasteiger partial charge in [0.15, 0.2) is 0 Å². The Hall–Kier alpha value is -1.58. The van der Waals surface area contributed by atoms with Gasteiger partial charge in [-0.1, -0.05) is 13.3 Å². The molecule has 1 aromatic rings. The van der Waals surface area contributed by atoms with Gasteiger partial charge in [-0.3, -0.25) is 4.98 Å². The molecule has 0 spiro atoms. The zero-order valence-electron chi connectivity index (χ0n) is 8.06. The maximum Gasteiger partial charge on any atom is 0.341 e. The Morgan fingerprint density at radius 1 is 1.64 bits per heavy atom. The zero-order chi connectivity index (χ0) is 10.4. The van der Waals surface area contributed by atoms with E-state index in [0.717, 1.165) is 12.8 Å². The summed E-state index contributed by atoms with van der Waals surface area (Å²) in [5.74, 6) is -0.620. The molecule has 0 amide bonds. The maximum absolute atomic E-state index is 10.7. The van der Waals surface area contributed by atoms with Crippen LogP contribution < -0.4 is 4.74 Å². The Balaban J connectivity index is 2.69. The highest BCUT2D eigenvalue weighted by molar-refractivity contribution is 5.90. The molecular formula is C10H13NO3. The number of hydrogen-bond acceptors (Lipinski definition) is 3. The highest BCUT2D eigenvalue weighted by Gasteiger charge is 2.10. The van der Waals surface area contributed by atoms with Crippen LogP contribution in [0.25, 0.3) is 0 Å². The number of nitrogens with zero attached hydrogens (tertiary/aromatic N) is 1. The fourth-order valence-corrected chi connectivity index (χ4v) is 0.995. The summed E-state index contributed by atoms with van der Waals surface area (Å²) in [5.41, 5.74) is 0.114. The second kappa shape index (κ2) is 5.21. The van der Waals surface area contributed by atoms with Crippen molar-refractivity contribution in [2.24, 2.45) is 0 Å². The first-order chi connectivity index (χ1) is 6.75. The Morgan fingerprint density at radius 3 is 3.07 bits per heavy atom. The van der Waals surface area contributed by atoms with Crippen LogP contribution in [0.4, 0.5) is 0 Å². The maximum atomic E-state index is 10.7. The van der Waals surface area contributed by atoms with Crippen molar-refractivity contribution in [2.45, 2.75) is 19.8 Å². The molecule has 0 saturated heterocycles. The van der Waals surface area contributed by atoms with Crippen LogP contribution in [-0.2, 0) is 0 Å². The number of aromatic carboxylic acids is 1. The molecule has 0 aliphatic carbocycles. The fraction of sp³-hybridized carbons (Fsp3) is 0.400. The van der Waals surface area contributed by atoms with Crippen LogP contribution in [0.1, 0.15) is 30.1 Å². The predicted octanol–water partition coefficient (Wildman–Crippen LogP) is 1.96. The van der Waals surface area contributed by atoms with E-state index in [1.165, 1.54) is 12.4 Å². The van der Waals surface area contributed by atoms with E-state index < -0.39 is 5.97 Å². The summed E-state index contributed by atoms with van der Waals surface area (Å²) in [6, 6.07) is 1.57. The summed E-state index contributed by atoms with van der Waals surface area (Å²) in [6.45, 7) is 2.59. The van der Waals surface area contributed by atoms with Crippen molar-refractivity contribution in [1.82, 2.24) is 4.98 Å². The SMILES string of the molecule is CCCCOc1ccncc1C(=O)O. The Bertz CT molecular complexity index is 312. The lowest BCUT2D eigenvalue weighted by molar-refractivity contribution is 0.0691. The lowest BCUT2D eigenvalue weighted by Gasteiger charge is -2.07. The van der Waals surface area contributed by atoms with Crippen LogP contribution in [0.15, 0.2) is 18.5 Å².